The molecule has 0 radical (unpaired) electrons. The summed E-state index contributed by atoms with van der Waals surface area (Å²) in [6.45, 7) is 8.58. The van der Waals surface area contributed by atoms with Crippen LogP contribution in [0.25, 0.3) is 0 Å². The van der Waals surface area contributed by atoms with Crippen LogP contribution < -0.4 is 11.1 Å². The van der Waals surface area contributed by atoms with Crippen molar-refractivity contribution in [2.75, 3.05) is 19.6 Å². The summed E-state index contributed by atoms with van der Waals surface area (Å²) in [6, 6.07) is 0. The van der Waals surface area contributed by atoms with Gasteiger partial charge in [-0.3, -0.25) is 9.59 Å². The maximum absolute atomic E-state index is 12.2. The lowest BCUT2D eigenvalue weighted by molar-refractivity contribution is -0.135. The second-order valence-corrected chi connectivity index (χ2v) is 6.83. The molecule has 22 heavy (non-hydrogen) atoms. The molecule has 1 saturated carbocycles. The molecule has 0 aromatic heterocycles. The molecule has 1 heterocycles. The Kier molecular flexibility index (Phi) is 5.62. The number of primary amides is 1. The number of carbonyl (C=O) groups excluding carboxylic acids is 2. The number of hydrogen-bond donors (Lipinski definition) is 2. The highest BCUT2D eigenvalue weighted by Crippen LogP contribution is 2.40. The molecule has 0 bridgehead atoms. The lowest BCUT2D eigenvalue weighted by atomic mass is 9.66. The van der Waals surface area contributed by atoms with Crippen molar-refractivity contribution in [1.29, 1.82) is 0 Å². The van der Waals surface area contributed by atoms with Gasteiger partial charge in [0, 0.05) is 6.92 Å². The second-order valence-electron chi connectivity index (χ2n) is 6.83. The average molecular weight is 307 g/mol. The van der Waals surface area contributed by atoms with Crippen molar-refractivity contribution >= 4 is 11.8 Å². The average Bonchev–Trinajstić information content (AvgIpc) is 2.98. The third kappa shape index (κ3) is 3.69. The van der Waals surface area contributed by atoms with Crippen LogP contribution in [0, 0.1) is 11.8 Å². The van der Waals surface area contributed by atoms with Gasteiger partial charge in [0.05, 0.1) is 0 Å². The van der Waals surface area contributed by atoms with Gasteiger partial charge in [-0.2, -0.15) is 0 Å². The molecule has 1 aliphatic heterocycles. The van der Waals surface area contributed by atoms with Gasteiger partial charge in [-0.05, 0) is 70.0 Å². The number of hydrogen-bond acceptors (Lipinski definition) is 3. The Hall–Kier alpha value is -1.36. The lowest BCUT2D eigenvalue weighted by Crippen LogP contribution is -2.64. The van der Waals surface area contributed by atoms with Crippen LogP contribution in [0.3, 0.4) is 0 Å². The molecular weight excluding hydrogens is 278 g/mol. The molecule has 3 N–H and O–H groups in total. The van der Waals surface area contributed by atoms with E-state index in [0.717, 1.165) is 38.9 Å². The van der Waals surface area contributed by atoms with Crippen LogP contribution >= 0.6 is 0 Å². The Labute approximate surface area is 133 Å². The van der Waals surface area contributed by atoms with Crippen LogP contribution in [0.4, 0.5) is 0 Å². The Morgan fingerprint density at radius 2 is 2.05 bits per heavy atom. The van der Waals surface area contributed by atoms with Gasteiger partial charge in [0.1, 0.15) is 5.54 Å². The van der Waals surface area contributed by atoms with Crippen LogP contribution in [0.15, 0.2) is 12.7 Å². The Morgan fingerprint density at radius 3 is 2.59 bits per heavy atom. The van der Waals surface area contributed by atoms with E-state index in [-0.39, 0.29) is 17.7 Å². The maximum Gasteiger partial charge on any atom is 0.243 e. The molecule has 2 rings (SSSR count). The SMILES string of the molecule is C=CC1CCC(CCN2CCCC2)C(NC(C)=O)(C(N)=O)C1. The molecule has 3 atom stereocenters. The predicted octanol–water partition coefficient (Wildman–Crippen LogP) is 1.43. The number of carbonyl (C=O) groups is 2. The van der Waals surface area contributed by atoms with E-state index < -0.39 is 11.4 Å². The molecule has 0 aromatic rings. The van der Waals surface area contributed by atoms with E-state index in [9.17, 15) is 9.59 Å². The van der Waals surface area contributed by atoms with Crippen LogP contribution in [0.1, 0.15) is 45.4 Å². The van der Waals surface area contributed by atoms with Crippen molar-refractivity contribution in [3.63, 3.8) is 0 Å². The normalized spacial score (nSPS) is 32.6. The topological polar surface area (TPSA) is 75.4 Å². The van der Waals surface area contributed by atoms with Gasteiger partial charge in [0.2, 0.25) is 11.8 Å². The summed E-state index contributed by atoms with van der Waals surface area (Å²) in [5, 5.41) is 2.90. The highest BCUT2D eigenvalue weighted by Gasteiger charge is 2.48. The fraction of sp³-hybridized carbons (Fsp3) is 0.765. The van der Waals surface area contributed by atoms with Gasteiger partial charge >= 0.3 is 0 Å². The number of nitrogens with zero attached hydrogens (tertiary/aromatic N) is 1. The molecule has 3 unspecified atom stereocenters. The van der Waals surface area contributed by atoms with Gasteiger partial charge < -0.3 is 16.0 Å². The number of rotatable bonds is 6. The second kappa shape index (κ2) is 7.27. The van der Waals surface area contributed by atoms with E-state index in [2.05, 4.69) is 16.8 Å². The summed E-state index contributed by atoms with van der Waals surface area (Å²) in [6.07, 6.45) is 7.82. The Balaban J connectivity index is 2.13. The van der Waals surface area contributed by atoms with Crippen molar-refractivity contribution in [1.82, 2.24) is 10.2 Å². The molecule has 2 amide bonds. The standard InChI is InChI=1S/C17H29N3O2/c1-3-14-6-7-15(8-11-20-9-4-5-10-20)17(12-14,16(18)22)19-13(2)21/h3,14-15H,1,4-12H2,2H3,(H2,18,22)(H,19,21). The van der Waals surface area contributed by atoms with E-state index in [1.807, 2.05) is 6.08 Å². The highest BCUT2D eigenvalue weighted by molar-refractivity contribution is 5.90. The van der Waals surface area contributed by atoms with Crippen molar-refractivity contribution in [2.45, 2.75) is 51.0 Å². The number of nitrogens with one attached hydrogen (secondary N) is 1. The summed E-state index contributed by atoms with van der Waals surface area (Å²) in [4.78, 5) is 26.4. The molecule has 1 aliphatic carbocycles. The summed E-state index contributed by atoms with van der Waals surface area (Å²) in [5.74, 6) is -0.233. The third-order valence-corrected chi connectivity index (χ3v) is 5.33. The van der Waals surface area contributed by atoms with E-state index in [4.69, 9.17) is 5.73 Å². The Morgan fingerprint density at radius 1 is 1.36 bits per heavy atom. The van der Waals surface area contributed by atoms with Gasteiger partial charge in [0.15, 0.2) is 0 Å². The number of likely N-dealkylation sites (tertiary alicyclic amines) is 1. The van der Waals surface area contributed by atoms with Crippen molar-refractivity contribution in [3.05, 3.63) is 12.7 Å². The highest BCUT2D eigenvalue weighted by atomic mass is 16.2. The van der Waals surface area contributed by atoms with Crippen LogP contribution in [0.5, 0.6) is 0 Å². The predicted molar refractivity (Wildman–Crippen MR) is 87.1 cm³/mol. The number of nitrogens with two attached hydrogens (primary N) is 1. The quantitative estimate of drug-likeness (QED) is 0.729. The number of amides is 2. The van der Waals surface area contributed by atoms with Crippen molar-refractivity contribution < 1.29 is 9.59 Å². The number of allylic oxidation sites excluding steroid dienone is 1. The molecule has 5 nitrogen and oxygen atoms in total. The monoisotopic (exact) mass is 307 g/mol. The zero-order chi connectivity index (χ0) is 16.2. The zero-order valence-electron chi connectivity index (χ0n) is 13.6. The fourth-order valence-electron chi connectivity index (χ4n) is 4.11. The molecule has 0 aromatic carbocycles. The van der Waals surface area contributed by atoms with Crippen LogP contribution in [-0.4, -0.2) is 41.9 Å². The first-order valence-electron chi connectivity index (χ1n) is 8.41. The summed E-state index contributed by atoms with van der Waals surface area (Å²) < 4.78 is 0. The lowest BCUT2D eigenvalue weighted by Gasteiger charge is -2.45. The van der Waals surface area contributed by atoms with Crippen molar-refractivity contribution in [3.8, 4) is 0 Å². The molecule has 2 aliphatic rings. The van der Waals surface area contributed by atoms with Crippen LogP contribution in [0.2, 0.25) is 0 Å². The molecule has 5 heteroatoms. The molecule has 124 valence electrons. The fourth-order valence-corrected chi connectivity index (χ4v) is 4.11. The molecule has 2 fully saturated rings. The van der Waals surface area contributed by atoms with Gasteiger partial charge in [-0.1, -0.05) is 6.08 Å². The summed E-state index contributed by atoms with van der Waals surface area (Å²) in [7, 11) is 0. The first kappa shape index (κ1) is 17.0. The Bertz CT molecular complexity index is 432. The molecular formula is C17H29N3O2. The summed E-state index contributed by atoms with van der Waals surface area (Å²) in [5.41, 5.74) is 4.83. The first-order chi connectivity index (χ1) is 10.5. The van der Waals surface area contributed by atoms with Crippen molar-refractivity contribution in [2.24, 2.45) is 17.6 Å². The third-order valence-electron chi connectivity index (χ3n) is 5.33. The maximum atomic E-state index is 12.2. The van der Waals surface area contributed by atoms with E-state index in [1.165, 1.54) is 19.8 Å². The van der Waals surface area contributed by atoms with E-state index >= 15 is 0 Å². The van der Waals surface area contributed by atoms with Gasteiger partial charge in [0.25, 0.3) is 0 Å². The minimum atomic E-state index is -0.914. The summed E-state index contributed by atoms with van der Waals surface area (Å²) >= 11 is 0. The minimum Gasteiger partial charge on any atom is -0.368 e. The minimum absolute atomic E-state index is 0.116. The van der Waals surface area contributed by atoms with Gasteiger partial charge in [-0.25, -0.2) is 0 Å². The van der Waals surface area contributed by atoms with Crippen LogP contribution in [-0.2, 0) is 9.59 Å². The van der Waals surface area contributed by atoms with Gasteiger partial charge in [-0.15, -0.1) is 6.58 Å². The van der Waals surface area contributed by atoms with E-state index in [0.29, 0.717) is 6.42 Å². The largest absolute Gasteiger partial charge is 0.368 e. The molecule has 0 spiro atoms. The van der Waals surface area contributed by atoms with E-state index in [1.54, 1.807) is 0 Å². The first-order valence-corrected chi connectivity index (χ1v) is 8.41. The molecule has 1 saturated heterocycles. The zero-order valence-corrected chi connectivity index (χ0v) is 13.6. The smallest absolute Gasteiger partial charge is 0.243 e.